The van der Waals surface area contributed by atoms with Crippen molar-refractivity contribution >= 4 is 5.91 Å². The van der Waals surface area contributed by atoms with Crippen LogP contribution < -0.4 is 5.32 Å². The lowest BCUT2D eigenvalue weighted by Gasteiger charge is -2.17. The summed E-state index contributed by atoms with van der Waals surface area (Å²) >= 11 is 0. The second-order valence-corrected chi connectivity index (χ2v) is 4.74. The number of carbonyl (C=O) groups is 1. The van der Waals surface area contributed by atoms with Gasteiger partial charge in [0.15, 0.2) is 0 Å². The van der Waals surface area contributed by atoms with Crippen molar-refractivity contribution in [3.8, 4) is 11.8 Å². The first kappa shape index (κ1) is 17.2. The number of nitrogens with one attached hydrogen (secondary N) is 1. The fraction of sp³-hybridized carbons (Fsp3) is 0.438. The Morgan fingerprint density at radius 2 is 2.24 bits per heavy atom. The predicted molar refractivity (Wildman–Crippen MR) is 80.0 cm³/mol. The van der Waals surface area contributed by atoms with Crippen LogP contribution in [0.25, 0.3) is 0 Å². The standard InChI is InChI=1S/C16H21FN2O2/c1-18-16(21)8-9-19(2)12-14-6-7-15(17)11-13(14)5-3-4-10-20/h6-7,11,20H,4,8-10,12H2,1-2H3,(H,18,21). The zero-order valence-electron chi connectivity index (χ0n) is 12.4. The first-order chi connectivity index (χ1) is 10.1. The number of amides is 1. The summed E-state index contributed by atoms with van der Waals surface area (Å²) in [5.74, 6) is 5.34. The predicted octanol–water partition coefficient (Wildman–Crippen LogP) is 1.13. The lowest BCUT2D eigenvalue weighted by Crippen LogP contribution is -2.26. The maximum Gasteiger partial charge on any atom is 0.221 e. The number of aliphatic hydroxyl groups is 1. The Balaban J connectivity index is 2.73. The maximum absolute atomic E-state index is 13.3. The average Bonchev–Trinajstić information content (AvgIpc) is 2.47. The molecule has 5 heteroatoms. The number of nitrogens with zero attached hydrogens (tertiary/aromatic N) is 1. The summed E-state index contributed by atoms with van der Waals surface area (Å²) in [6.45, 7) is 1.19. The van der Waals surface area contributed by atoms with Gasteiger partial charge in [-0.3, -0.25) is 4.79 Å². The lowest BCUT2D eigenvalue weighted by atomic mass is 10.1. The van der Waals surface area contributed by atoms with Crippen LogP contribution >= 0.6 is 0 Å². The van der Waals surface area contributed by atoms with Gasteiger partial charge in [-0.25, -0.2) is 4.39 Å². The Hall–Kier alpha value is -1.90. The molecule has 4 nitrogen and oxygen atoms in total. The van der Waals surface area contributed by atoms with Crippen LogP contribution in [0, 0.1) is 17.7 Å². The highest BCUT2D eigenvalue weighted by Crippen LogP contribution is 2.12. The van der Waals surface area contributed by atoms with E-state index in [0.29, 0.717) is 31.5 Å². The molecule has 2 N–H and O–H groups in total. The molecule has 0 fully saturated rings. The van der Waals surface area contributed by atoms with Gasteiger partial charge in [0.25, 0.3) is 0 Å². The van der Waals surface area contributed by atoms with Crippen LogP contribution in [0.3, 0.4) is 0 Å². The van der Waals surface area contributed by atoms with E-state index in [1.807, 2.05) is 11.9 Å². The number of rotatable bonds is 6. The number of aliphatic hydroxyl groups excluding tert-OH is 1. The highest BCUT2D eigenvalue weighted by atomic mass is 19.1. The molecule has 0 aliphatic carbocycles. The molecule has 0 aromatic heterocycles. The Bertz CT molecular complexity index is 535. The van der Waals surface area contributed by atoms with Crippen LogP contribution in [-0.2, 0) is 11.3 Å². The fourth-order valence-electron chi connectivity index (χ4n) is 1.80. The third-order valence-corrected chi connectivity index (χ3v) is 2.97. The molecule has 0 saturated heterocycles. The summed E-state index contributed by atoms with van der Waals surface area (Å²) in [7, 11) is 3.51. The highest BCUT2D eigenvalue weighted by molar-refractivity contribution is 5.75. The molecule has 1 aromatic carbocycles. The quantitative estimate of drug-likeness (QED) is 0.773. The Morgan fingerprint density at radius 3 is 2.90 bits per heavy atom. The summed E-state index contributed by atoms with van der Waals surface area (Å²) in [6, 6.07) is 4.50. The van der Waals surface area contributed by atoms with Crippen LogP contribution in [0.2, 0.25) is 0 Å². The van der Waals surface area contributed by atoms with Crippen molar-refractivity contribution < 1.29 is 14.3 Å². The molecular weight excluding hydrogens is 271 g/mol. The second-order valence-electron chi connectivity index (χ2n) is 4.74. The number of halogens is 1. The van der Waals surface area contributed by atoms with Crippen LogP contribution in [0.1, 0.15) is 24.0 Å². The van der Waals surface area contributed by atoms with Crippen molar-refractivity contribution in [3.05, 3.63) is 35.1 Å². The topological polar surface area (TPSA) is 52.6 Å². The van der Waals surface area contributed by atoms with Gasteiger partial charge >= 0.3 is 0 Å². The number of benzene rings is 1. The molecule has 0 bridgehead atoms. The minimum atomic E-state index is -0.333. The molecule has 1 amide bonds. The Morgan fingerprint density at radius 1 is 1.48 bits per heavy atom. The number of hydrogen-bond acceptors (Lipinski definition) is 3. The van der Waals surface area contributed by atoms with E-state index < -0.39 is 0 Å². The molecule has 0 saturated carbocycles. The molecule has 0 aliphatic rings. The molecular formula is C16H21FN2O2. The van der Waals surface area contributed by atoms with E-state index >= 15 is 0 Å². The molecule has 1 aromatic rings. The maximum atomic E-state index is 13.3. The fourth-order valence-corrected chi connectivity index (χ4v) is 1.80. The van der Waals surface area contributed by atoms with Crippen molar-refractivity contribution in [1.29, 1.82) is 0 Å². The second kappa shape index (κ2) is 9.11. The van der Waals surface area contributed by atoms with Crippen molar-refractivity contribution in [2.45, 2.75) is 19.4 Å². The third-order valence-electron chi connectivity index (χ3n) is 2.97. The number of hydrogen-bond donors (Lipinski definition) is 2. The number of carbonyl (C=O) groups excluding carboxylic acids is 1. The summed E-state index contributed by atoms with van der Waals surface area (Å²) in [6.07, 6.45) is 0.780. The first-order valence-electron chi connectivity index (χ1n) is 6.84. The summed E-state index contributed by atoms with van der Waals surface area (Å²) in [5, 5.41) is 11.3. The van der Waals surface area contributed by atoms with Crippen LogP contribution in [0.15, 0.2) is 18.2 Å². The Labute approximate surface area is 125 Å². The molecule has 0 atom stereocenters. The average molecular weight is 292 g/mol. The van der Waals surface area contributed by atoms with Crippen LogP contribution in [0.5, 0.6) is 0 Å². The molecule has 0 aliphatic heterocycles. The summed E-state index contributed by atoms with van der Waals surface area (Å²) in [5.41, 5.74) is 1.52. The third kappa shape index (κ3) is 6.39. The summed E-state index contributed by atoms with van der Waals surface area (Å²) < 4.78 is 13.3. The zero-order valence-corrected chi connectivity index (χ0v) is 12.4. The van der Waals surface area contributed by atoms with E-state index in [0.717, 1.165) is 5.56 Å². The SMILES string of the molecule is CNC(=O)CCN(C)Cc1ccc(F)cc1C#CCCO. The van der Waals surface area contributed by atoms with Gasteiger partial charge in [-0.15, -0.1) is 0 Å². The van der Waals surface area contributed by atoms with Gasteiger partial charge in [0, 0.05) is 38.5 Å². The van der Waals surface area contributed by atoms with Crippen molar-refractivity contribution in [1.82, 2.24) is 10.2 Å². The molecule has 0 spiro atoms. The van der Waals surface area contributed by atoms with Gasteiger partial charge in [-0.2, -0.15) is 0 Å². The molecule has 0 unspecified atom stereocenters. The van der Waals surface area contributed by atoms with Gasteiger partial charge in [-0.05, 0) is 24.7 Å². The van der Waals surface area contributed by atoms with Crippen molar-refractivity contribution in [2.24, 2.45) is 0 Å². The molecule has 0 radical (unpaired) electrons. The molecule has 1 rings (SSSR count). The van der Waals surface area contributed by atoms with E-state index in [1.165, 1.54) is 12.1 Å². The van der Waals surface area contributed by atoms with Gasteiger partial charge < -0.3 is 15.3 Å². The van der Waals surface area contributed by atoms with Gasteiger partial charge in [0.1, 0.15) is 5.82 Å². The minimum Gasteiger partial charge on any atom is -0.395 e. The molecule has 21 heavy (non-hydrogen) atoms. The monoisotopic (exact) mass is 292 g/mol. The summed E-state index contributed by atoms with van der Waals surface area (Å²) in [4.78, 5) is 13.2. The highest BCUT2D eigenvalue weighted by Gasteiger charge is 2.07. The largest absolute Gasteiger partial charge is 0.395 e. The molecule has 114 valence electrons. The van der Waals surface area contributed by atoms with E-state index in [-0.39, 0.29) is 18.3 Å². The van der Waals surface area contributed by atoms with Gasteiger partial charge in [0.2, 0.25) is 5.91 Å². The normalized spacial score (nSPS) is 10.1. The Kier molecular flexibility index (Phi) is 7.44. The van der Waals surface area contributed by atoms with Gasteiger partial charge in [0.05, 0.1) is 6.61 Å². The first-order valence-corrected chi connectivity index (χ1v) is 6.84. The van der Waals surface area contributed by atoms with Crippen LogP contribution in [-0.4, -0.2) is 43.2 Å². The van der Waals surface area contributed by atoms with Gasteiger partial charge in [-0.1, -0.05) is 17.9 Å². The lowest BCUT2D eigenvalue weighted by molar-refractivity contribution is -0.120. The van der Waals surface area contributed by atoms with Crippen molar-refractivity contribution in [2.75, 3.05) is 27.2 Å². The van der Waals surface area contributed by atoms with E-state index in [9.17, 15) is 9.18 Å². The van der Waals surface area contributed by atoms with Crippen LogP contribution in [0.4, 0.5) is 4.39 Å². The zero-order chi connectivity index (χ0) is 15.7. The van der Waals surface area contributed by atoms with Crippen molar-refractivity contribution in [3.63, 3.8) is 0 Å². The van der Waals surface area contributed by atoms with E-state index in [1.54, 1.807) is 13.1 Å². The minimum absolute atomic E-state index is 0.0102. The smallest absolute Gasteiger partial charge is 0.221 e. The van der Waals surface area contributed by atoms with E-state index in [2.05, 4.69) is 17.2 Å². The molecule has 0 heterocycles. The van der Waals surface area contributed by atoms with E-state index in [4.69, 9.17) is 5.11 Å².